The molecule has 1 aromatic heterocycles. The number of carbonyl (C=O) groups is 1. The van der Waals surface area contributed by atoms with E-state index in [-0.39, 0.29) is 18.7 Å². The zero-order valence-electron chi connectivity index (χ0n) is 14.4. The van der Waals surface area contributed by atoms with Crippen LogP contribution in [-0.2, 0) is 6.42 Å². The highest BCUT2D eigenvalue weighted by Gasteiger charge is 2.18. The normalized spacial score (nSPS) is 12.2. The molecule has 1 amide bonds. The number of nitrogens with one attached hydrogen (secondary N) is 1. The van der Waals surface area contributed by atoms with Crippen molar-refractivity contribution in [3.63, 3.8) is 0 Å². The van der Waals surface area contributed by atoms with Crippen molar-refractivity contribution < 1.29 is 18.7 Å². The van der Waals surface area contributed by atoms with E-state index in [2.05, 4.69) is 41.5 Å². The lowest BCUT2D eigenvalue weighted by Gasteiger charge is -2.03. The Morgan fingerprint density at radius 2 is 1.88 bits per heavy atom. The molecule has 0 radical (unpaired) electrons. The molecular weight excluding hydrogens is 334 g/mol. The molecule has 3 aromatic rings. The van der Waals surface area contributed by atoms with Crippen molar-refractivity contribution in [3.8, 4) is 11.5 Å². The number of rotatable bonds is 4. The van der Waals surface area contributed by atoms with Gasteiger partial charge in [0.15, 0.2) is 11.5 Å². The molecule has 26 heavy (non-hydrogen) atoms. The Morgan fingerprint density at radius 3 is 2.73 bits per heavy atom. The van der Waals surface area contributed by atoms with Crippen LogP contribution in [0.15, 0.2) is 40.8 Å². The van der Waals surface area contributed by atoms with E-state index in [4.69, 9.17) is 13.9 Å². The third kappa shape index (κ3) is 3.23. The van der Waals surface area contributed by atoms with Gasteiger partial charge in [-0.2, -0.15) is 0 Å². The maximum absolute atomic E-state index is 12.3. The second-order valence-corrected chi connectivity index (χ2v) is 6.12. The number of aromatic nitrogens is 2. The number of hydrogen-bond acceptors (Lipinski definition) is 6. The molecule has 132 valence electrons. The Morgan fingerprint density at radius 1 is 1.04 bits per heavy atom. The van der Waals surface area contributed by atoms with E-state index >= 15 is 0 Å². The number of anilines is 1. The van der Waals surface area contributed by atoms with Gasteiger partial charge in [0, 0.05) is 5.56 Å². The van der Waals surface area contributed by atoms with Crippen LogP contribution in [0.2, 0.25) is 0 Å². The van der Waals surface area contributed by atoms with E-state index in [9.17, 15) is 4.79 Å². The smallest absolute Gasteiger partial charge is 0.322 e. The maximum atomic E-state index is 12.3. The highest BCUT2D eigenvalue weighted by molar-refractivity contribution is 6.03. The fraction of sp³-hybridized carbons (Fsp3) is 0.211. The zero-order valence-corrected chi connectivity index (χ0v) is 14.4. The molecule has 7 nitrogen and oxygen atoms in total. The van der Waals surface area contributed by atoms with Gasteiger partial charge in [-0.15, -0.1) is 5.10 Å². The Labute approximate surface area is 150 Å². The molecule has 0 saturated carbocycles. The summed E-state index contributed by atoms with van der Waals surface area (Å²) in [7, 11) is 0. The molecule has 0 unspecified atom stereocenters. The standard InChI is InChI=1S/C19H17N3O4/c1-11-3-4-13(7-12(11)2)8-17-21-22-19(26-17)20-18(23)14-5-6-15-16(9-14)25-10-24-15/h3-7,9H,8,10H2,1-2H3,(H,20,22,23). The largest absolute Gasteiger partial charge is 0.454 e. The van der Waals surface area contributed by atoms with E-state index in [0.29, 0.717) is 29.4 Å². The average molecular weight is 351 g/mol. The number of ether oxygens (including phenoxy) is 2. The summed E-state index contributed by atoms with van der Waals surface area (Å²) in [6.07, 6.45) is 0.508. The van der Waals surface area contributed by atoms with Gasteiger partial charge in [0.1, 0.15) is 0 Å². The predicted octanol–water partition coefficient (Wildman–Crippen LogP) is 3.26. The van der Waals surface area contributed by atoms with E-state index in [1.54, 1.807) is 18.2 Å². The fourth-order valence-electron chi connectivity index (χ4n) is 2.67. The first-order chi connectivity index (χ1) is 12.6. The number of carbonyl (C=O) groups excluding carboxylic acids is 1. The minimum absolute atomic E-state index is 0.0616. The van der Waals surface area contributed by atoms with Crippen molar-refractivity contribution in [1.29, 1.82) is 0 Å². The first-order valence-electron chi connectivity index (χ1n) is 8.18. The number of amides is 1. The van der Waals surface area contributed by atoms with Gasteiger partial charge < -0.3 is 13.9 Å². The fourth-order valence-corrected chi connectivity index (χ4v) is 2.67. The number of hydrogen-bond donors (Lipinski definition) is 1. The predicted molar refractivity (Wildman–Crippen MR) is 93.5 cm³/mol. The summed E-state index contributed by atoms with van der Waals surface area (Å²) in [5.41, 5.74) is 3.93. The van der Waals surface area contributed by atoms with Crippen LogP contribution in [0.5, 0.6) is 11.5 Å². The molecule has 0 spiro atoms. The molecule has 2 aromatic carbocycles. The van der Waals surface area contributed by atoms with Crippen molar-refractivity contribution in [2.45, 2.75) is 20.3 Å². The molecule has 2 heterocycles. The number of fused-ring (bicyclic) bond motifs is 1. The van der Waals surface area contributed by atoms with Gasteiger partial charge in [-0.3, -0.25) is 10.1 Å². The SMILES string of the molecule is Cc1ccc(Cc2nnc(NC(=O)c3ccc4c(c3)OCO4)o2)cc1C. The number of aryl methyl sites for hydroxylation is 2. The second kappa shape index (κ2) is 6.51. The summed E-state index contributed by atoms with van der Waals surface area (Å²) in [6, 6.07) is 11.2. The summed E-state index contributed by atoms with van der Waals surface area (Å²) in [5, 5.41) is 10.5. The average Bonchev–Trinajstić information content (AvgIpc) is 3.26. The van der Waals surface area contributed by atoms with Gasteiger partial charge in [0.05, 0.1) is 6.42 Å². The molecule has 4 rings (SSSR count). The van der Waals surface area contributed by atoms with Crippen molar-refractivity contribution in [3.05, 3.63) is 64.5 Å². The highest BCUT2D eigenvalue weighted by Crippen LogP contribution is 2.32. The quantitative estimate of drug-likeness (QED) is 0.776. The second-order valence-electron chi connectivity index (χ2n) is 6.12. The summed E-state index contributed by atoms with van der Waals surface area (Å²) in [6.45, 7) is 4.28. The van der Waals surface area contributed by atoms with Crippen LogP contribution in [-0.4, -0.2) is 22.9 Å². The number of nitrogens with zero attached hydrogens (tertiary/aromatic N) is 2. The van der Waals surface area contributed by atoms with Crippen LogP contribution in [0.1, 0.15) is 32.9 Å². The maximum Gasteiger partial charge on any atom is 0.322 e. The summed E-state index contributed by atoms with van der Waals surface area (Å²) in [5.74, 6) is 1.24. The van der Waals surface area contributed by atoms with E-state index in [1.165, 1.54) is 11.1 Å². The molecule has 0 aliphatic carbocycles. The first kappa shape index (κ1) is 16.1. The Hall–Kier alpha value is -3.35. The molecule has 0 atom stereocenters. The minimum atomic E-state index is -0.357. The van der Waals surface area contributed by atoms with E-state index < -0.39 is 0 Å². The number of benzene rings is 2. The van der Waals surface area contributed by atoms with Crippen LogP contribution in [0.4, 0.5) is 6.01 Å². The van der Waals surface area contributed by atoms with Crippen molar-refractivity contribution in [2.24, 2.45) is 0 Å². The third-order valence-corrected chi connectivity index (χ3v) is 4.25. The van der Waals surface area contributed by atoms with E-state index in [1.807, 2.05) is 6.07 Å². The molecule has 1 aliphatic heterocycles. The van der Waals surface area contributed by atoms with Crippen LogP contribution in [0, 0.1) is 13.8 Å². The van der Waals surface area contributed by atoms with E-state index in [0.717, 1.165) is 5.56 Å². The molecule has 1 N–H and O–H groups in total. The molecule has 0 saturated heterocycles. The molecule has 1 aliphatic rings. The van der Waals surface area contributed by atoms with Crippen molar-refractivity contribution in [2.75, 3.05) is 12.1 Å². The van der Waals surface area contributed by atoms with Crippen LogP contribution in [0.3, 0.4) is 0 Å². The topological polar surface area (TPSA) is 86.5 Å². The van der Waals surface area contributed by atoms with Crippen LogP contribution in [0.25, 0.3) is 0 Å². The van der Waals surface area contributed by atoms with Crippen LogP contribution < -0.4 is 14.8 Å². The molecule has 0 fully saturated rings. The lowest BCUT2D eigenvalue weighted by molar-refractivity contribution is 0.102. The third-order valence-electron chi connectivity index (χ3n) is 4.25. The van der Waals surface area contributed by atoms with Gasteiger partial charge in [-0.1, -0.05) is 23.3 Å². The van der Waals surface area contributed by atoms with Gasteiger partial charge in [0.2, 0.25) is 12.7 Å². The lowest BCUT2D eigenvalue weighted by atomic mass is 10.0. The monoisotopic (exact) mass is 351 g/mol. The van der Waals surface area contributed by atoms with Gasteiger partial charge in [0.25, 0.3) is 5.91 Å². The van der Waals surface area contributed by atoms with Gasteiger partial charge >= 0.3 is 6.01 Å². The molecule has 7 heteroatoms. The minimum Gasteiger partial charge on any atom is -0.454 e. The van der Waals surface area contributed by atoms with Gasteiger partial charge in [-0.25, -0.2) is 0 Å². The zero-order chi connectivity index (χ0) is 18.1. The Kier molecular flexibility index (Phi) is 4.04. The summed E-state index contributed by atoms with van der Waals surface area (Å²) >= 11 is 0. The summed E-state index contributed by atoms with van der Waals surface area (Å²) < 4.78 is 16.0. The Bertz CT molecular complexity index is 981. The molecule has 0 bridgehead atoms. The summed E-state index contributed by atoms with van der Waals surface area (Å²) in [4.78, 5) is 12.3. The van der Waals surface area contributed by atoms with Crippen LogP contribution >= 0.6 is 0 Å². The highest BCUT2D eigenvalue weighted by atomic mass is 16.7. The Balaban J connectivity index is 1.44. The molecular formula is C19H17N3O4. The van der Waals surface area contributed by atoms with Gasteiger partial charge in [-0.05, 0) is 48.7 Å². The first-order valence-corrected chi connectivity index (χ1v) is 8.18. The van der Waals surface area contributed by atoms with Crippen molar-refractivity contribution in [1.82, 2.24) is 10.2 Å². The lowest BCUT2D eigenvalue weighted by Crippen LogP contribution is -2.12. The van der Waals surface area contributed by atoms with Crippen molar-refractivity contribution >= 4 is 11.9 Å².